The molecule has 8 heteroatoms. The Labute approximate surface area is 163 Å². The quantitative estimate of drug-likeness (QED) is 0.806. The number of aromatic nitrogens is 3. The first-order valence-corrected chi connectivity index (χ1v) is 10.3. The molecule has 4 heterocycles. The molecule has 0 bridgehead atoms. The predicted molar refractivity (Wildman–Crippen MR) is 104 cm³/mol. The largest absolute Gasteiger partial charge is 0.371 e. The highest BCUT2D eigenvalue weighted by Gasteiger charge is 2.41. The minimum absolute atomic E-state index is 0.0788. The lowest BCUT2D eigenvalue weighted by Crippen LogP contribution is -2.57. The summed E-state index contributed by atoms with van der Waals surface area (Å²) in [7, 11) is 0. The second-order valence-corrected chi connectivity index (χ2v) is 8.47. The summed E-state index contributed by atoms with van der Waals surface area (Å²) in [5.74, 6) is 1.36. The molecule has 4 rings (SSSR count). The number of carbonyl (C=O) groups is 1. The molecule has 1 amide bonds. The molecule has 0 unspecified atom stereocenters. The fourth-order valence-corrected chi connectivity index (χ4v) is 4.34. The number of anilines is 1. The van der Waals surface area contributed by atoms with E-state index in [9.17, 15) is 4.79 Å². The Hall–Kier alpha value is -2.06. The molecule has 2 aliphatic rings. The first-order valence-electron chi connectivity index (χ1n) is 9.47. The number of carbonyl (C=O) groups excluding carboxylic acids is 1. The third-order valence-corrected chi connectivity index (χ3v) is 6.20. The van der Waals surface area contributed by atoms with E-state index < -0.39 is 0 Å². The third kappa shape index (κ3) is 3.82. The lowest BCUT2D eigenvalue weighted by atomic mass is 9.89. The van der Waals surface area contributed by atoms with Crippen LogP contribution >= 0.6 is 11.3 Å². The summed E-state index contributed by atoms with van der Waals surface area (Å²) in [6.45, 7) is 7.96. The molecule has 2 fully saturated rings. The van der Waals surface area contributed by atoms with Crippen molar-refractivity contribution in [1.82, 2.24) is 20.1 Å². The molecule has 0 aliphatic carbocycles. The smallest absolute Gasteiger partial charge is 0.265 e. The number of likely N-dealkylation sites (tertiary alicyclic amines) is 1. The number of rotatable bonds is 3. The molecule has 0 aromatic carbocycles. The fourth-order valence-electron chi connectivity index (χ4n) is 3.75. The minimum Gasteiger partial charge on any atom is -0.371 e. The van der Waals surface area contributed by atoms with Gasteiger partial charge in [0.05, 0.1) is 29.6 Å². The molecule has 0 N–H and O–H groups in total. The summed E-state index contributed by atoms with van der Waals surface area (Å²) in [6, 6.07) is 4.12. The van der Waals surface area contributed by atoms with E-state index in [0.29, 0.717) is 30.5 Å². The van der Waals surface area contributed by atoms with Crippen molar-refractivity contribution in [1.29, 1.82) is 0 Å². The van der Waals surface area contributed by atoms with Gasteiger partial charge in [-0.1, -0.05) is 13.8 Å². The van der Waals surface area contributed by atoms with E-state index in [4.69, 9.17) is 4.74 Å². The molecule has 2 aromatic heterocycles. The summed E-state index contributed by atoms with van der Waals surface area (Å²) in [6.07, 6.45) is 3.33. The first-order chi connectivity index (χ1) is 13.1. The van der Waals surface area contributed by atoms with Crippen LogP contribution in [0, 0.1) is 0 Å². The van der Waals surface area contributed by atoms with E-state index in [1.807, 2.05) is 4.90 Å². The van der Waals surface area contributed by atoms with Gasteiger partial charge in [0.15, 0.2) is 5.82 Å². The van der Waals surface area contributed by atoms with Crippen molar-refractivity contribution in [3.63, 3.8) is 0 Å². The molecule has 0 atom stereocenters. The normalized spacial score (nSPS) is 19.7. The molecule has 27 heavy (non-hydrogen) atoms. The van der Waals surface area contributed by atoms with Gasteiger partial charge in [0.2, 0.25) is 0 Å². The highest BCUT2D eigenvalue weighted by molar-refractivity contribution is 7.11. The molecule has 2 aliphatic heterocycles. The van der Waals surface area contributed by atoms with Crippen LogP contribution in [0.4, 0.5) is 5.82 Å². The number of hydrogen-bond donors (Lipinski definition) is 0. The van der Waals surface area contributed by atoms with Crippen LogP contribution in [0.25, 0.3) is 0 Å². The van der Waals surface area contributed by atoms with Crippen LogP contribution in [0.2, 0.25) is 0 Å². The Morgan fingerprint density at radius 3 is 2.67 bits per heavy atom. The third-order valence-electron chi connectivity index (χ3n) is 5.44. The lowest BCUT2D eigenvalue weighted by molar-refractivity contribution is -0.0870. The van der Waals surface area contributed by atoms with Gasteiger partial charge in [-0.2, -0.15) is 5.10 Å². The van der Waals surface area contributed by atoms with E-state index in [2.05, 4.69) is 46.1 Å². The van der Waals surface area contributed by atoms with Crippen molar-refractivity contribution < 1.29 is 9.53 Å². The standard InChI is InChI=1S/C19H25N5O2S/c1-14(2)15-3-4-17(22-21-15)24-9-10-26-19(12-24)5-7-23(8-6-19)18(25)16-11-20-13-27-16/h3-4,11,13-14H,5-10,12H2,1-2H3. The van der Waals surface area contributed by atoms with Gasteiger partial charge in [-0.05, 0) is 30.9 Å². The van der Waals surface area contributed by atoms with Crippen LogP contribution in [0.1, 0.15) is 48.0 Å². The number of ether oxygens (including phenoxy) is 1. The zero-order valence-corrected chi connectivity index (χ0v) is 16.6. The fraction of sp³-hybridized carbons (Fsp3) is 0.579. The number of piperidine rings is 1. The Kier molecular flexibility index (Phi) is 5.10. The zero-order valence-electron chi connectivity index (χ0n) is 15.8. The highest BCUT2D eigenvalue weighted by atomic mass is 32.1. The average molecular weight is 388 g/mol. The summed E-state index contributed by atoms with van der Waals surface area (Å²) < 4.78 is 6.20. The highest BCUT2D eigenvalue weighted by Crippen LogP contribution is 2.32. The Morgan fingerprint density at radius 1 is 1.22 bits per heavy atom. The van der Waals surface area contributed by atoms with Gasteiger partial charge >= 0.3 is 0 Å². The van der Waals surface area contributed by atoms with Crippen LogP contribution in [0.5, 0.6) is 0 Å². The number of hydrogen-bond acceptors (Lipinski definition) is 7. The van der Waals surface area contributed by atoms with Gasteiger partial charge in [0.25, 0.3) is 5.91 Å². The van der Waals surface area contributed by atoms with Crippen molar-refractivity contribution >= 4 is 23.1 Å². The van der Waals surface area contributed by atoms with Gasteiger partial charge in [0.1, 0.15) is 4.88 Å². The molecule has 2 saturated heterocycles. The van der Waals surface area contributed by atoms with Crippen molar-refractivity contribution in [3.05, 3.63) is 34.4 Å². The molecule has 7 nitrogen and oxygen atoms in total. The summed E-state index contributed by atoms with van der Waals surface area (Å²) >= 11 is 1.40. The van der Waals surface area contributed by atoms with E-state index in [1.54, 1.807) is 11.7 Å². The predicted octanol–water partition coefficient (Wildman–Crippen LogP) is 2.57. The maximum absolute atomic E-state index is 12.5. The maximum atomic E-state index is 12.5. The number of nitrogens with zero attached hydrogens (tertiary/aromatic N) is 5. The zero-order chi connectivity index (χ0) is 18.9. The Morgan fingerprint density at radius 2 is 2.04 bits per heavy atom. The SMILES string of the molecule is CC(C)c1ccc(N2CCOC3(CCN(C(=O)c4cncs4)CC3)C2)nn1. The van der Waals surface area contributed by atoms with Crippen LogP contribution < -0.4 is 4.90 Å². The van der Waals surface area contributed by atoms with Crippen molar-refractivity contribution in [3.8, 4) is 0 Å². The second kappa shape index (κ2) is 7.52. The van der Waals surface area contributed by atoms with Crippen LogP contribution in [-0.2, 0) is 4.74 Å². The molecular weight excluding hydrogens is 362 g/mol. The van der Waals surface area contributed by atoms with Gasteiger partial charge in [-0.15, -0.1) is 16.4 Å². The average Bonchev–Trinajstić information content (AvgIpc) is 3.23. The molecule has 0 radical (unpaired) electrons. The second-order valence-electron chi connectivity index (χ2n) is 7.58. The number of morpholine rings is 1. The first kappa shape index (κ1) is 18.3. The molecule has 1 spiro atoms. The van der Waals surface area contributed by atoms with E-state index >= 15 is 0 Å². The van der Waals surface area contributed by atoms with Gasteiger partial charge in [-0.3, -0.25) is 9.78 Å². The van der Waals surface area contributed by atoms with Crippen LogP contribution in [0.15, 0.2) is 23.8 Å². The summed E-state index contributed by atoms with van der Waals surface area (Å²) in [5.41, 5.74) is 2.50. The van der Waals surface area contributed by atoms with Gasteiger partial charge in [0, 0.05) is 26.2 Å². The molecular formula is C19H25N5O2S. The maximum Gasteiger partial charge on any atom is 0.265 e. The monoisotopic (exact) mass is 387 g/mol. The number of amides is 1. The van der Waals surface area contributed by atoms with E-state index in [1.165, 1.54) is 11.3 Å². The lowest BCUT2D eigenvalue weighted by Gasteiger charge is -2.47. The van der Waals surface area contributed by atoms with Crippen LogP contribution in [-0.4, -0.2) is 64.4 Å². The summed E-state index contributed by atoms with van der Waals surface area (Å²) in [4.78, 5) is 21.4. The molecule has 2 aromatic rings. The van der Waals surface area contributed by atoms with Crippen molar-refractivity contribution in [2.75, 3.05) is 37.7 Å². The van der Waals surface area contributed by atoms with Crippen molar-refractivity contribution in [2.24, 2.45) is 0 Å². The van der Waals surface area contributed by atoms with E-state index in [0.717, 1.165) is 37.4 Å². The molecule has 0 saturated carbocycles. The van der Waals surface area contributed by atoms with Gasteiger partial charge < -0.3 is 14.5 Å². The van der Waals surface area contributed by atoms with E-state index in [-0.39, 0.29) is 11.5 Å². The summed E-state index contributed by atoms with van der Waals surface area (Å²) in [5, 5.41) is 8.79. The Balaban J connectivity index is 1.40. The van der Waals surface area contributed by atoms with Crippen molar-refractivity contribution in [2.45, 2.75) is 38.2 Å². The Bertz CT molecular complexity index is 770. The molecule has 144 valence electrons. The number of thiazole rings is 1. The minimum atomic E-state index is -0.207. The van der Waals surface area contributed by atoms with Crippen LogP contribution in [0.3, 0.4) is 0 Å². The topological polar surface area (TPSA) is 71.5 Å². The van der Waals surface area contributed by atoms with Gasteiger partial charge in [-0.25, -0.2) is 0 Å².